The van der Waals surface area contributed by atoms with Crippen LogP contribution in [0.15, 0.2) is 66.7 Å². The molecule has 0 fully saturated rings. The van der Waals surface area contributed by atoms with Gasteiger partial charge in [0.1, 0.15) is 23.4 Å². The highest BCUT2D eigenvalue weighted by Crippen LogP contribution is 2.24. The van der Waals surface area contributed by atoms with Crippen LogP contribution in [0, 0.1) is 5.82 Å². The second-order valence-corrected chi connectivity index (χ2v) is 10.7. The maximum atomic E-state index is 14.6. The van der Waals surface area contributed by atoms with Gasteiger partial charge in [0.2, 0.25) is 0 Å². The highest BCUT2D eigenvalue weighted by atomic mass is 32.2. The molecule has 0 unspecified atom stereocenters. The van der Waals surface area contributed by atoms with Gasteiger partial charge in [-0.3, -0.25) is 0 Å². The average Bonchev–Trinajstić information content (AvgIpc) is 2.97. The Hall–Kier alpha value is -3.36. The molecule has 0 aliphatic carbocycles. The summed E-state index contributed by atoms with van der Waals surface area (Å²) >= 11 is 1.65. The SMILES string of the molecule is CCCCCCCOc1ccc(-c2ccc(C(=O)Oc3ccc(C(=O)O[C@H](C)COCCSC)c(F)c3)cc2)cc1. The van der Waals surface area contributed by atoms with Crippen molar-refractivity contribution in [1.29, 1.82) is 0 Å². The normalized spacial score (nSPS) is 11.6. The fraction of sp³-hybridized carbons (Fsp3) is 0.394. The minimum atomic E-state index is -0.838. The standard InChI is InChI=1S/C33H39FO6S/c1-4-5-6-7-8-19-38-28-15-13-26(14-16-28)25-9-11-27(12-10-25)32(35)40-29-17-18-30(31(34)22-29)33(36)39-24(2)23-37-20-21-41-3/h9-18,22,24H,4-8,19-21,23H2,1-3H3/t24-/m1/s1. The average molecular weight is 583 g/mol. The predicted octanol–water partition coefficient (Wildman–Crippen LogP) is 7.99. The topological polar surface area (TPSA) is 71.1 Å². The summed E-state index contributed by atoms with van der Waals surface area (Å²) in [7, 11) is 0. The number of hydrogen-bond donors (Lipinski definition) is 0. The third-order valence-corrected chi connectivity index (χ3v) is 6.86. The minimum Gasteiger partial charge on any atom is -0.494 e. The first-order chi connectivity index (χ1) is 19.9. The summed E-state index contributed by atoms with van der Waals surface area (Å²) in [5, 5.41) is 0. The largest absolute Gasteiger partial charge is 0.494 e. The lowest BCUT2D eigenvalue weighted by atomic mass is 10.0. The molecule has 3 rings (SSSR count). The summed E-state index contributed by atoms with van der Waals surface area (Å²) in [5.41, 5.74) is 2.00. The molecule has 0 bridgehead atoms. The predicted molar refractivity (Wildman–Crippen MR) is 162 cm³/mol. The Morgan fingerprint density at radius 2 is 1.49 bits per heavy atom. The van der Waals surface area contributed by atoms with Crippen molar-refractivity contribution < 1.29 is 32.9 Å². The smallest absolute Gasteiger partial charge is 0.343 e. The van der Waals surface area contributed by atoms with Crippen molar-refractivity contribution >= 4 is 23.7 Å². The van der Waals surface area contributed by atoms with Gasteiger partial charge in [-0.05, 0) is 67.1 Å². The highest BCUT2D eigenvalue weighted by Gasteiger charge is 2.18. The third kappa shape index (κ3) is 10.9. The summed E-state index contributed by atoms with van der Waals surface area (Å²) in [5.74, 6) is -0.620. The summed E-state index contributed by atoms with van der Waals surface area (Å²) in [4.78, 5) is 25.0. The number of carbonyl (C=O) groups is 2. The fourth-order valence-electron chi connectivity index (χ4n) is 4.00. The molecule has 3 aromatic rings. The van der Waals surface area contributed by atoms with Gasteiger partial charge in [0.15, 0.2) is 0 Å². The Morgan fingerprint density at radius 1 is 0.829 bits per heavy atom. The maximum absolute atomic E-state index is 14.6. The lowest BCUT2D eigenvalue weighted by Crippen LogP contribution is -2.21. The quantitative estimate of drug-likeness (QED) is 0.0908. The molecule has 41 heavy (non-hydrogen) atoms. The van der Waals surface area contributed by atoms with Crippen molar-refractivity contribution in [2.75, 3.05) is 31.8 Å². The summed E-state index contributed by atoms with van der Waals surface area (Å²) in [6, 6.07) is 18.4. The molecule has 0 aliphatic rings. The van der Waals surface area contributed by atoms with Gasteiger partial charge in [0.05, 0.1) is 30.9 Å². The van der Waals surface area contributed by atoms with E-state index < -0.39 is 23.9 Å². The minimum absolute atomic E-state index is 0.0115. The van der Waals surface area contributed by atoms with Gasteiger partial charge in [0, 0.05) is 11.8 Å². The fourth-order valence-corrected chi connectivity index (χ4v) is 4.29. The van der Waals surface area contributed by atoms with Crippen LogP contribution in [0.1, 0.15) is 66.7 Å². The molecule has 0 amide bonds. The Kier molecular flexibility index (Phi) is 13.7. The van der Waals surface area contributed by atoms with Crippen LogP contribution in [-0.4, -0.2) is 49.9 Å². The molecule has 0 saturated heterocycles. The van der Waals surface area contributed by atoms with E-state index in [4.69, 9.17) is 18.9 Å². The maximum Gasteiger partial charge on any atom is 0.343 e. The molecule has 0 N–H and O–H groups in total. The molecule has 1 atom stereocenters. The van der Waals surface area contributed by atoms with E-state index >= 15 is 0 Å². The third-order valence-electron chi connectivity index (χ3n) is 6.29. The number of halogens is 1. The Morgan fingerprint density at radius 3 is 2.15 bits per heavy atom. The number of esters is 2. The molecule has 0 radical (unpaired) electrons. The first kappa shape index (κ1) is 32.2. The van der Waals surface area contributed by atoms with E-state index in [9.17, 15) is 14.0 Å². The van der Waals surface area contributed by atoms with E-state index in [0.29, 0.717) is 18.8 Å². The monoisotopic (exact) mass is 582 g/mol. The molecule has 8 heteroatoms. The summed E-state index contributed by atoms with van der Waals surface area (Å²) in [6.07, 6.45) is 7.43. The van der Waals surface area contributed by atoms with E-state index in [0.717, 1.165) is 35.1 Å². The molecule has 3 aromatic carbocycles. The zero-order chi connectivity index (χ0) is 29.5. The molecule has 0 heterocycles. The van der Waals surface area contributed by atoms with Crippen molar-refractivity contribution in [3.63, 3.8) is 0 Å². The molecule has 220 valence electrons. The first-order valence-electron chi connectivity index (χ1n) is 14.0. The number of hydrogen-bond acceptors (Lipinski definition) is 7. The van der Waals surface area contributed by atoms with Crippen LogP contribution in [0.25, 0.3) is 11.1 Å². The van der Waals surface area contributed by atoms with Gasteiger partial charge in [-0.25, -0.2) is 14.0 Å². The molecule has 0 saturated carbocycles. The Balaban J connectivity index is 1.50. The zero-order valence-electron chi connectivity index (χ0n) is 24.0. The van der Waals surface area contributed by atoms with E-state index in [1.165, 1.54) is 37.8 Å². The van der Waals surface area contributed by atoms with Crippen LogP contribution in [-0.2, 0) is 9.47 Å². The van der Waals surface area contributed by atoms with Crippen LogP contribution in [0.4, 0.5) is 4.39 Å². The van der Waals surface area contributed by atoms with Crippen LogP contribution >= 0.6 is 11.8 Å². The Bertz CT molecular complexity index is 1230. The number of carbonyl (C=O) groups excluding carboxylic acids is 2. The lowest BCUT2D eigenvalue weighted by Gasteiger charge is -2.14. The molecular weight excluding hydrogens is 543 g/mol. The van der Waals surface area contributed by atoms with Crippen molar-refractivity contribution in [2.24, 2.45) is 0 Å². The number of unbranched alkanes of at least 4 members (excludes halogenated alkanes) is 4. The van der Waals surface area contributed by atoms with E-state index in [-0.39, 0.29) is 17.9 Å². The molecule has 0 spiro atoms. The zero-order valence-corrected chi connectivity index (χ0v) is 24.8. The van der Waals surface area contributed by atoms with Crippen molar-refractivity contribution in [2.45, 2.75) is 52.1 Å². The van der Waals surface area contributed by atoms with Crippen LogP contribution in [0.3, 0.4) is 0 Å². The molecular formula is C33H39FO6S. The summed E-state index contributed by atoms with van der Waals surface area (Å²) in [6.45, 7) is 5.36. The van der Waals surface area contributed by atoms with Gasteiger partial charge in [0.25, 0.3) is 0 Å². The highest BCUT2D eigenvalue weighted by molar-refractivity contribution is 7.98. The molecule has 6 nitrogen and oxygen atoms in total. The second-order valence-electron chi connectivity index (χ2n) is 9.68. The Labute approximate surface area is 246 Å². The van der Waals surface area contributed by atoms with Crippen LogP contribution < -0.4 is 9.47 Å². The van der Waals surface area contributed by atoms with Crippen molar-refractivity contribution in [3.8, 4) is 22.6 Å². The van der Waals surface area contributed by atoms with E-state index in [2.05, 4.69) is 6.92 Å². The first-order valence-corrected chi connectivity index (χ1v) is 15.4. The van der Waals surface area contributed by atoms with Gasteiger partial charge in [-0.1, -0.05) is 56.9 Å². The van der Waals surface area contributed by atoms with Crippen molar-refractivity contribution in [1.82, 2.24) is 0 Å². The van der Waals surface area contributed by atoms with E-state index in [1.807, 2.05) is 42.7 Å². The number of ether oxygens (including phenoxy) is 4. The van der Waals surface area contributed by atoms with Gasteiger partial charge in [-0.2, -0.15) is 11.8 Å². The molecule has 0 aromatic heterocycles. The molecule has 0 aliphatic heterocycles. The number of thioether (sulfide) groups is 1. The van der Waals surface area contributed by atoms with Crippen molar-refractivity contribution in [3.05, 3.63) is 83.7 Å². The van der Waals surface area contributed by atoms with Gasteiger partial charge in [-0.15, -0.1) is 0 Å². The summed E-state index contributed by atoms with van der Waals surface area (Å²) < 4.78 is 36.5. The number of rotatable bonds is 17. The van der Waals surface area contributed by atoms with Crippen LogP contribution in [0.5, 0.6) is 11.5 Å². The van der Waals surface area contributed by atoms with Gasteiger partial charge < -0.3 is 18.9 Å². The van der Waals surface area contributed by atoms with E-state index in [1.54, 1.807) is 30.8 Å². The number of benzene rings is 3. The van der Waals surface area contributed by atoms with Gasteiger partial charge >= 0.3 is 11.9 Å². The second kappa shape index (κ2) is 17.5. The lowest BCUT2D eigenvalue weighted by molar-refractivity contribution is 0.00446. The van der Waals surface area contributed by atoms with Crippen LogP contribution in [0.2, 0.25) is 0 Å².